The van der Waals surface area contributed by atoms with Crippen LogP contribution in [0.1, 0.15) is 5.56 Å². The molecule has 0 aliphatic heterocycles. The summed E-state index contributed by atoms with van der Waals surface area (Å²) in [5.74, 6) is 0. The fourth-order valence-electron chi connectivity index (χ4n) is 1.10. The Morgan fingerprint density at radius 2 is 2.14 bits per heavy atom. The minimum atomic E-state index is 0.416. The van der Waals surface area contributed by atoms with E-state index in [1.54, 1.807) is 17.1 Å². The number of pyridine rings is 1. The summed E-state index contributed by atoms with van der Waals surface area (Å²) in [7, 11) is 0. The third kappa shape index (κ3) is 1.49. The summed E-state index contributed by atoms with van der Waals surface area (Å²) in [5.41, 5.74) is 1.57. The van der Waals surface area contributed by atoms with Gasteiger partial charge in [-0.3, -0.25) is 4.98 Å². The normalized spacial score (nSPS) is 10.5. The van der Waals surface area contributed by atoms with E-state index in [0.29, 0.717) is 10.3 Å². The van der Waals surface area contributed by atoms with Crippen LogP contribution in [0.2, 0.25) is 10.3 Å². The lowest BCUT2D eigenvalue weighted by Gasteiger charge is -2.00. The molecule has 0 spiro atoms. The molecule has 0 aliphatic carbocycles. The van der Waals surface area contributed by atoms with Gasteiger partial charge in [0.05, 0.1) is 11.9 Å². The lowest BCUT2D eigenvalue weighted by molar-refractivity contribution is 0.875. The monoisotopic (exact) mass is 227 g/mol. The minimum Gasteiger partial charge on any atom is -0.262 e. The first-order chi connectivity index (χ1) is 6.70. The molecule has 0 saturated heterocycles. The van der Waals surface area contributed by atoms with E-state index in [9.17, 15) is 0 Å². The molecule has 3 nitrogen and oxygen atoms in total. The van der Waals surface area contributed by atoms with Gasteiger partial charge in [-0.1, -0.05) is 23.2 Å². The zero-order valence-electron chi connectivity index (χ0n) is 7.41. The molecule has 2 aromatic heterocycles. The highest BCUT2D eigenvalue weighted by Crippen LogP contribution is 2.25. The molecular formula is C9H7Cl2N3. The van der Waals surface area contributed by atoms with Crippen molar-refractivity contribution >= 4 is 23.2 Å². The summed E-state index contributed by atoms with van der Waals surface area (Å²) in [6, 6.07) is 3.68. The van der Waals surface area contributed by atoms with Crippen LogP contribution in [0.3, 0.4) is 0 Å². The third-order valence-electron chi connectivity index (χ3n) is 1.88. The average Bonchev–Trinajstić information content (AvgIpc) is 2.47. The quantitative estimate of drug-likeness (QED) is 0.751. The van der Waals surface area contributed by atoms with Gasteiger partial charge in [0.15, 0.2) is 5.15 Å². The number of aromatic nitrogens is 3. The average molecular weight is 228 g/mol. The van der Waals surface area contributed by atoms with Gasteiger partial charge in [0.1, 0.15) is 5.15 Å². The van der Waals surface area contributed by atoms with Gasteiger partial charge in [0, 0.05) is 11.8 Å². The highest BCUT2D eigenvalue weighted by Gasteiger charge is 2.11. The maximum Gasteiger partial charge on any atom is 0.155 e. The summed E-state index contributed by atoms with van der Waals surface area (Å²) in [6.45, 7) is 1.82. The lowest BCUT2D eigenvalue weighted by Crippen LogP contribution is -1.96. The molecule has 0 fully saturated rings. The van der Waals surface area contributed by atoms with Gasteiger partial charge >= 0.3 is 0 Å². The van der Waals surface area contributed by atoms with Crippen LogP contribution in [0, 0.1) is 6.92 Å². The van der Waals surface area contributed by atoms with E-state index in [2.05, 4.69) is 10.1 Å². The van der Waals surface area contributed by atoms with Crippen LogP contribution in [0.25, 0.3) is 5.69 Å². The number of hydrogen-bond acceptors (Lipinski definition) is 2. The van der Waals surface area contributed by atoms with Crippen molar-refractivity contribution in [2.45, 2.75) is 6.92 Å². The van der Waals surface area contributed by atoms with Gasteiger partial charge in [0.2, 0.25) is 0 Å². The highest BCUT2D eigenvalue weighted by molar-refractivity contribution is 6.35. The second-order valence-electron chi connectivity index (χ2n) is 2.83. The van der Waals surface area contributed by atoms with Crippen LogP contribution in [-0.4, -0.2) is 14.8 Å². The standard InChI is InChI=1S/C9H7Cl2N3/c1-6-8(10)13-14(9(6)11)7-3-2-4-12-5-7/h2-5H,1H3. The molecule has 0 radical (unpaired) electrons. The first-order valence-electron chi connectivity index (χ1n) is 4.01. The molecule has 14 heavy (non-hydrogen) atoms. The summed E-state index contributed by atoms with van der Waals surface area (Å²) in [4.78, 5) is 3.98. The van der Waals surface area contributed by atoms with Crippen LogP contribution < -0.4 is 0 Å². The molecule has 0 unspecified atom stereocenters. The topological polar surface area (TPSA) is 30.7 Å². The Bertz CT molecular complexity index is 451. The number of halogens is 2. The summed E-state index contributed by atoms with van der Waals surface area (Å²) in [6.07, 6.45) is 3.37. The van der Waals surface area contributed by atoms with E-state index in [0.717, 1.165) is 11.3 Å². The van der Waals surface area contributed by atoms with Gasteiger partial charge in [-0.15, -0.1) is 0 Å². The first-order valence-corrected chi connectivity index (χ1v) is 4.77. The zero-order valence-corrected chi connectivity index (χ0v) is 8.92. The predicted octanol–water partition coefficient (Wildman–Crippen LogP) is 2.88. The molecule has 0 amide bonds. The summed E-state index contributed by atoms with van der Waals surface area (Å²) in [5, 5.41) is 5.02. The second kappa shape index (κ2) is 3.59. The Labute approximate surface area is 91.3 Å². The van der Waals surface area contributed by atoms with Crippen molar-refractivity contribution in [1.82, 2.24) is 14.8 Å². The fourth-order valence-corrected chi connectivity index (χ4v) is 1.54. The van der Waals surface area contributed by atoms with E-state index in [1.807, 2.05) is 19.1 Å². The van der Waals surface area contributed by atoms with Gasteiger partial charge in [0.25, 0.3) is 0 Å². The largest absolute Gasteiger partial charge is 0.262 e. The van der Waals surface area contributed by atoms with Crippen molar-refractivity contribution in [2.75, 3.05) is 0 Å². The molecule has 0 aromatic carbocycles. The predicted molar refractivity (Wildman–Crippen MR) is 56.1 cm³/mol. The van der Waals surface area contributed by atoms with Crippen molar-refractivity contribution in [1.29, 1.82) is 0 Å². The van der Waals surface area contributed by atoms with E-state index in [4.69, 9.17) is 23.2 Å². The molecule has 0 saturated carbocycles. The number of rotatable bonds is 1. The Balaban J connectivity index is 2.58. The maximum absolute atomic E-state index is 6.04. The summed E-state index contributed by atoms with van der Waals surface area (Å²) >= 11 is 11.9. The van der Waals surface area contributed by atoms with E-state index in [1.165, 1.54) is 0 Å². The molecule has 5 heteroatoms. The van der Waals surface area contributed by atoms with Crippen molar-refractivity contribution < 1.29 is 0 Å². The summed E-state index contributed by atoms with van der Waals surface area (Å²) < 4.78 is 1.56. The van der Waals surface area contributed by atoms with Gasteiger partial charge in [-0.05, 0) is 19.1 Å². The van der Waals surface area contributed by atoms with E-state index < -0.39 is 0 Å². The SMILES string of the molecule is Cc1c(Cl)nn(-c2cccnc2)c1Cl. The van der Waals surface area contributed by atoms with Crippen LogP contribution in [0.5, 0.6) is 0 Å². The van der Waals surface area contributed by atoms with Crippen molar-refractivity contribution in [3.05, 3.63) is 40.4 Å². The number of hydrogen-bond donors (Lipinski definition) is 0. The Morgan fingerprint density at radius 1 is 1.36 bits per heavy atom. The maximum atomic E-state index is 6.04. The molecular weight excluding hydrogens is 221 g/mol. The van der Waals surface area contributed by atoms with Gasteiger partial charge in [-0.25, -0.2) is 4.68 Å². The molecule has 2 rings (SSSR count). The first kappa shape index (κ1) is 9.49. The van der Waals surface area contributed by atoms with E-state index >= 15 is 0 Å². The Hall–Kier alpha value is -1.06. The van der Waals surface area contributed by atoms with Crippen LogP contribution >= 0.6 is 23.2 Å². The lowest BCUT2D eigenvalue weighted by atomic mass is 10.4. The molecule has 0 aliphatic rings. The molecule has 2 heterocycles. The van der Waals surface area contributed by atoms with Crippen LogP contribution in [0.15, 0.2) is 24.5 Å². The van der Waals surface area contributed by atoms with Gasteiger partial charge in [-0.2, -0.15) is 5.10 Å². The smallest absolute Gasteiger partial charge is 0.155 e. The minimum absolute atomic E-state index is 0.416. The molecule has 0 N–H and O–H groups in total. The highest BCUT2D eigenvalue weighted by atomic mass is 35.5. The molecule has 0 bridgehead atoms. The van der Waals surface area contributed by atoms with Crippen molar-refractivity contribution in [3.8, 4) is 5.69 Å². The third-order valence-corrected chi connectivity index (χ3v) is 2.69. The van der Waals surface area contributed by atoms with Gasteiger partial charge < -0.3 is 0 Å². The Morgan fingerprint density at radius 3 is 2.64 bits per heavy atom. The zero-order chi connectivity index (χ0) is 10.1. The van der Waals surface area contributed by atoms with E-state index in [-0.39, 0.29) is 0 Å². The van der Waals surface area contributed by atoms with Crippen molar-refractivity contribution in [3.63, 3.8) is 0 Å². The molecule has 2 aromatic rings. The van der Waals surface area contributed by atoms with Crippen LogP contribution in [0.4, 0.5) is 0 Å². The molecule has 72 valence electrons. The second-order valence-corrected chi connectivity index (χ2v) is 3.55. The van der Waals surface area contributed by atoms with Crippen molar-refractivity contribution in [2.24, 2.45) is 0 Å². The molecule has 0 atom stereocenters. The van der Waals surface area contributed by atoms with Crippen LogP contribution in [-0.2, 0) is 0 Å². The fraction of sp³-hybridized carbons (Fsp3) is 0.111. The number of nitrogens with zero attached hydrogens (tertiary/aromatic N) is 3. The Kier molecular flexibility index (Phi) is 2.44.